The van der Waals surface area contributed by atoms with E-state index in [0.29, 0.717) is 0 Å². The quantitative estimate of drug-likeness (QED) is 0.264. The molecule has 0 radical (unpaired) electrons. The van der Waals surface area contributed by atoms with Gasteiger partial charge in [-0.1, -0.05) is 142 Å². The Morgan fingerprint density at radius 2 is 0.328 bits per heavy atom. The van der Waals surface area contributed by atoms with Crippen molar-refractivity contribution in [3.63, 3.8) is 0 Å². The maximum Gasteiger partial charge on any atom is -0.0321 e. The SMILES string of the molecule is CC1C(C2CC3CCCCC3C3CCCCC32)C(C2CC3CCCCC3C3CCCCC32)C(C)C(C2CC3CCCCC3C3CCCCC32)C1C1CC2CCCCC2C2CCCCC21. The summed E-state index contributed by atoms with van der Waals surface area (Å²) in [5.74, 6) is 28.2. The summed E-state index contributed by atoms with van der Waals surface area (Å²) in [4.78, 5) is 0. The van der Waals surface area contributed by atoms with Crippen molar-refractivity contribution in [2.45, 2.75) is 245 Å². The molecule has 0 bridgehead atoms. The molecule has 0 saturated heterocycles. The van der Waals surface area contributed by atoms with Gasteiger partial charge in [0, 0.05) is 0 Å². The highest BCUT2D eigenvalue weighted by atomic mass is 14.7. The van der Waals surface area contributed by atoms with E-state index in [1.54, 1.807) is 231 Å². The minimum atomic E-state index is 0.990. The highest BCUT2D eigenvalue weighted by Crippen LogP contribution is 2.71. The normalized spacial score (nSPS) is 57.5. The van der Waals surface area contributed by atoms with Gasteiger partial charge >= 0.3 is 0 Å². The van der Waals surface area contributed by atoms with Crippen LogP contribution >= 0.6 is 0 Å². The zero-order valence-corrected chi connectivity index (χ0v) is 42.5. The lowest BCUT2D eigenvalue weighted by atomic mass is 9.38. The largest absolute Gasteiger partial charge is 0.0619 e. The van der Waals surface area contributed by atoms with Crippen molar-refractivity contribution in [2.75, 3.05) is 0 Å². The summed E-state index contributed by atoms with van der Waals surface area (Å²) in [6.45, 7) is 6.32. The third-order valence-electron chi connectivity index (χ3n) is 27.4. The first-order chi connectivity index (χ1) is 31.6. The van der Waals surface area contributed by atoms with Crippen LogP contribution in [0.1, 0.15) is 245 Å². The Bertz CT molecular complexity index is 1330. The summed E-state index contributed by atoms with van der Waals surface area (Å²) in [5.41, 5.74) is 0. The van der Waals surface area contributed by atoms with Crippen molar-refractivity contribution in [3.8, 4) is 0 Å². The summed E-state index contributed by atoms with van der Waals surface area (Å²) in [5, 5.41) is 0. The van der Waals surface area contributed by atoms with Gasteiger partial charge in [-0.3, -0.25) is 0 Å². The van der Waals surface area contributed by atoms with E-state index in [2.05, 4.69) is 13.8 Å². The highest BCUT2D eigenvalue weighted by Gasteiger charge is 2.64. The molecule has 0 heteroatoms. The third kappa shape index (κ3) is 7.45. The molecule has 13 aliphatic rings. The van der Waals surface area contributed by atoms with Gasteiger partial charge in [0.25, 0.3) is 0 Å². The molecule has 0 heterocycles. The molecule has 0 aromatic carbocycles. The van der Waals surface area contributed by atoms with Crippen LogP contribution < -0.4 is 0 Å². The Labute approximate surface area is 397 Å². The van der Waals surface area contributed by atoms with E-state index in [1.807, 2.05) is 0 Å². The molecule has 13 fully saturated rings. The van der Waals surface area contributed by atoms with E-state index < -0.39 is 0 Å². The Balaban J connectivity index is 0.968. The van der Waals surface area contributed by atoms with Gasteiger partial charge in [-0.15, -0.1) is 0 Å². The van der Waals surface area contributed by atoms with Gasteiger partial charge in [-0.25, -0.2) is 0 Å². The summed E-state index contributed by atoms with van der Waals surface area (Å²) >= 11 is 0. The zero-order valence-electron chi connectivity index (χ0n) is 42.5. The molecule has 24 unspecified atom stereocenters. The Kier molecular flexibility index (Phi) is 12.8. The first kappa shape index (κ1) is 44.0. The molecule has 64 heavy (non-hydrogen) atoms. The Morgan fingerprint density at radius 3 is 0.531 bits per heavy atom. The van der Waals surface area contributed by atoms with Crippen molar-refractivity contribution in [3.05, 3.63) is 0 Å². The smallest absolute Gasteiger partial charge is 0.0321 e. The van der Waals surface area contributed by atoms with Crippen LogP contribution in [0.3, 0.4) is 0 Å². The lowest BCUT2D eigenvalue weighted by Crippen LogP contribution is -2.61. The van der Waals surface area contributed by atoms with Crippen LogP contribution in [0.25, 0.3) is 0 Å². The summed E-state index contributed by atoms with van der Waals surface area (Å²) in [6, 6.07) is 0. The number of hydrogen-bond donors (Lipinski definition) is 0. The molecule has 0 aliphatic heterocycles. The fraction of sp³-hybridized carbons (Fsp3) is 1.00. The van der Waals surface area contributed by atoms with E-state index in [0.717, 1.165) is 154 Å². The predicted molar refractivity (Wildman–Crippen MR) is 268 cm³/mol. The van der Waals surface area contributed by atoms with Gasteiger partial charge in [0.1, 0.15) is 0 Å². The van der Waals surface area contributed by atoms with Gasteiger partial charge in [0.05, 0.1) is 0 Å². The van der Waals surface area contributed by atoms with Gasteiger partial charge in [-0.05, 0) is 257 Å². The van der Waals surface area contributed by atoms with Gasteiger partial charge < -0.3 is 0 Å². The number of fused-ring (bicyclic) bond motifs is 12. The van der Waals surface area contributed by atoms with E-state index in [9.17, 15) is 0 Å². The molecule has 0 aromatic heterocycles. The first-order valence-corrected chi connectivity index (χ1v) is 31.6. The van der Waals surface area contributed by atoms with Crippen molar-refractivity contribution in [1.82, 2.24) is 0 Å². The van der Waals surface area contributed by atoms with E-state index in [1.165, 1.54) is 0 Å². The monoisotopic (exact) mass is 873 g/mol. The summed E-state index contributed by atoms with van der Waals surface area (Å²) < 4.78 is 0. The molecule has 0 nitrogen and oxygen atoms in total. The maximum atomic E-state index is 3.16. The average Bonchev–Trinajstić information content (AvgIpc) is 3.36. The number of hydrogen-bond acceptors (Lipinski definition) is 0. The molecule has 24 atom stereocenters. The zero-order chi connectivity index (χ0) is 42.5. The van der Waals surface area contributed by atoms with Crippen molar-refractivity contribution in [1.29, 1.82) is 0 Å². The lowest BCUT2D eigenvalue weighted by Gasteiger charge is -2.67. The van der Waals surface area contributed by atoms with Crippen molar-refractivity contribution < 1.29 is 0 Å². The molecule has 0 amide bonds. The second-order valence-corrected chi connectivity index (χ2v) is 28.9. The molecule has 13 aliphatic carbocycles. The van der Waals surface area contributed by atoms with Crippen LogP contribution in [0.5, 0.6) is 0 Å². The van der Waals surface area contributed by atoms with Crippen LogP contribution in [-0.4, -0.2) is 0 Å². The fourth-order valence-electron chi connectivity index (χ4n) is 25.9. The maximum absolute atomic E-state index is 3.16. The van der Waals surface area contributed by atoms with Crippen molar-refractivity contribution >= 4 is 0 Å². The van der Waals surface area contributed by atoms with Gasteiger partial charge in [0.2, 0.25) is 0 Å². The Morgan fingerprint density at radius 1 is 0.172 bits per heavy atom. The van der Waals surface area contributed by atoms with Gasteiger partial charge in [-0.2, -0.15) is 0 Å². The molecule has 13 rings (SSSR count). The molecular formula is C64H104. The molecular weight excluding hydrogens is 769 g/mol. The van der Waals surface area contributed by atoms with Crippen LogP contribution in [0, 0.1) is 154 Å². The Hall–Kier alpha value is 0. The topological polar surface area (TPSA) is 0 Å². The highest BCUT2D eigenvalue weighted by molar-refractivity contribution is 5.12. The minimum absolute atomic E-state index is 0.990. The molecule has 0 aromatic rings. The second kappa shape index (κ2) is 18.6. The average molecular weight is 874 g/mol. The summed E-state index contributed by atoms with van der Waals surface area (Å²) in [6.07, 6.45) is 58.2. The van der Waals surface area contributed by atoms with Crippen molar-refractivity contribution in [2.24, 2.45) is 154 Å². The first-order valence-electron chi connectivity index (χ1n) is 31.6. The van der Waals surface area contributed by atoms with Crippen LogP contribution in [0.15, 0.2) is 0 Å². The predicted octanol–water partition coefficient (Wildman–Crippen LogP) is 18.3. The standard InChI is InChI=1S/C64H104/c1-39-61(57-35-41-19-3-7-23-45(41)49-27-11-15-31-53(49)57)63(59-37-43-21-5-9-25-47(43)51-29-13-17-33-55(51)59)40(2)64(60-38-44-22-6-10-26-48(44)52-30-14-18-34-56(52)60)62(39)58-36-42-20-4-8-24-46(42)50-28-12-16-32-54(50)58/h39-64H,3-38H2,1-2H3. The molecule has 0 N–H and O–H groups in total. The van der Waals surface area contributed by atoms with Crippen LogP contribution in [0.2, 0.25) is 0 Å². The van der Waals surface area contributed by atoms with Crippen LogP contribution in [0.4, 0.5) is 0 Å². The lowest BCUT2D eigenvalue weighted by molar-refractivity contribution is -0.192. The van der Waals surface area contributed by atoms with Crippen LogP contribution in [-0.2, 0) is 0 Å². The minimum Gasteiger partial charge on any atom is -0.0619 e. The second-order valence-electron chi connectivity index (χ2n) is 28.9. The van der Waals surface area contributed by atoms with Gasteiger partial charge in [0.15, 0.2) is 0 Å². The fourth-order valence-corrected chi connectivity index (χ4v) is 25.9. The third-order valence-corrected chi connectivity index (χ3v) is 27.4. The molecule has 360 valence electrons. The van der Waals surface area contributed by atoms with E-state index >= 15 is 0 Å². The number of rotatable bonds is 4. The van der Waals surface area contributed by atoms with E-state index in [4.69, 9.17) is 0 Å². The van der Waals surface area contributed by atoms with E-state index in [-0.39, 0.29) is 0 Å². The molecule has 13 saturated carbocycles. The summed E-state index contributed by atoms with van der Waals surface area (Å²) in [7, 11) is 0. The molecule has 0 spiro atoms.